The number of hydrogen-bond acceptors (Lipinski definition) is 3. The van der Waals surface area contributed by atoms with Gasteiger partial charge in [-0.1, -0.05) is 6.92 Å². The Morgan fingerprint density at radius 3 is 2.73 bits per heavy atom. The first-order valence-corrected chi connectivity index (χ1v) is 5.95. The molecule has 0 bridgehead atoms. The van der Waals surface area contributed by atoms with Crippen LogP contribution in [-0.4, -0.2) is 22.6 Å². The van der Waals surface area contributed by atoms with Crippen LogP contribution in [-0.2, 0) is 0 Å². The lowest BCUT2D eigenvalue weighted by atomic mass is 10.0. The summed E-state index contributed by atoms with van der Waals surface area (Å²) in [4.78, 5) is 20.3. The number of rotatable bonds is 3. The Morgan fingerprint density at radius 2 is 2.20 bits per heavy atom. The molecule has 4 nitrogen and oxygen atoms in total. The molecule has 1 heterocycles. The highest BCUT2D eigenvalue weighted by atomic mass is 127. The number of aromatic amines is 1. The Hall–Kier alpha value is -0.590. The number of H-pyrrole nitrogens is 1. The third kappa shape index (κ3) is 2.50. The van der Waals surface area contributed by atoms with Gasteiger partial charge in [0.05, 0.1) is 6.33 Å². The Balaban J connectivity index is 3.17. The predicted molar refractivity (Wildman–Crippen MR) is 70.3 cm³/mol. The molecular weight excluding hydrogens is 305 g/mol. The van der Waals surface area contributed by atoms with Crippen LogP contribution in [0.1, 0.15) is 27.2 Å². The zero-order valence-electron chi connectivity index (χ0n) is 9.47. The van der Waals surface area contributed by atoms with E-state index in [0.717, 1.165) is 12.2 Å². The number of nitrogens with one attached hydrogen (secondary N) is 1. The van der Waals surface area contributed by atoms with Crippen LogP contribution in [0.25, 0.3) is 0 Å². The molecule has 1 aromatic heterocycles. The molecule has 1 rings (SSSR count). The number of anilines is 1. The standard InChI is InChI=1S/C10H16IN3O/c1-5-10(2,3)14(4)8-7(11)9(15)13-6-12-8/h6H,5H2,1-4H3,(H,12,13,15). The maximum absolute atomic E-state index is 11.4. The number of hydrogen-bond donors (Lipinski definition) is 1. The molecular formula is C10H16IN3O. The van der Waals surface area contributed by atoms with Gasteiger partial charge < -0.3 is 9.88 Å². The van der Waals surface area contributed by atoms with Crippen LogP contribution < -0.4 is 10.5 Å². The first-order valence-electron chi connectivity index (χ1n) is 4.87. The summed E-state index contributed by atoms with van der Waals surface area (Å²) in [6, 6.07) is 0. The van der Waals surface area contributed by atoms with Gasteiger partial charge in [0.25, 0.3) is 5.56 Å². The lowest BCUT2D eigenvalue weighted by molar-refractivity contribution is 0.466. The van der Waals surface area contributed by atoms with E-state index in [9.17, 15) is 4.79 Å². The van der Waals surface area contributed by atoms with E-state index in [1.165, 1.54) is 6.33 Å². The molecule has 0 radical (unpaired) electrons. The molecule has 0 aliphatic heterocycles. The van der Waals surface area contributed by atoms with Crippen molar-refractivity contribution >= 4 is 28.4 Å². The number of halogens is 1. The van der Waals surface area contributed by atoms with Crippen molar-refractivity contribution in [3.8, 4) is 0 Å². The van der Waals surface area contributed by atoms with Crippen molar-refractivity contribution in [1.82, 2.24) is 9.97 Å². The predicted octanol–water partition coefficient (Wildman–Crippen LogP) is 2.00. The van der Waals surface area contributed by atoms with Crippen molar-refractivity contribution in [2.45, 2.75) is 32.7 Å². The lowest BCUT2D eigenvalue weighted by Gasteiger charge is -2.36. The molecule has 84 valence electrons. The van der Waals surface area contributed by atoms with E-state index in [-0.39, 0.29) is 11.1 Å². The molecule has 5 heteroatoms. The van der Waals surface area contributed by atoms with Crippen molar-refractivity contribution in [2.75, 3.05) is 11.9 Å². The van der Waals surface area contributed by atoms with Gasteiger partial charge in [0.2, 0.25) is 0 Å². The minimum atomic E-state index is -0.0839. The molecule has 0 aliphatic rings. The fraction of sp³-hybridized carbons (Fsp3) is 0.600. The second-order valence-corrected chi connectivity index (χ2v) is 5.17. The third-order valence-corrected chi connectivity index (χ3v) is 3.84. The van der Waals surface area contributed by atoms with Gasteiger partial charge in [-0.05, 0) is 42.9 Å². The monoisotopic (exact) mass is 321 g/mol. The van der Waals surface area contributed by atoms with Crippen molar-refractivity contribution in [2.24, 2.45) is 0 Å². The van der Waals surface area contributed by atoms with Gasteiger partial charge in [-0.3, -0.25) is 4.79 Å². The van der Waals surface area contributed by atoms with Crippen molar-refractivity contribution < 1.29 is 0 Å². The minimum Gasteiger partial charge on any atom is -0.353 e. The van der Waals surface area contributed by atoms with Crippen LogP contribution in [0.2, 0.25) is 0 Å². The zero-order chi connectivity index (χ0) is 11.6. The van der Waals surface area contributed by atoms with Gasteiger partial charge >= 0.3 is 0 Å². The first-order chi connectivity index (χ1) is 6.90. The fourth-order valence-electron chi connectivity index (χ4n) is 1.13. The zero-order valence-corrected chi connectivity index (χ0v) is 11.6. The Labute approximate surface area is 103 Å². The van der Waals surface area contributed by atoms with Crippen LogP contribution in [0, 0.1) is 3.57 Å². The average Bonchev–Trinajstić information content (AvgIpc) is 2.21. The summed E-state index contributed by atoms with van der Waals surface area (Å²) in [5.74, 6) is 0.742. The summed E-state index contributed by atoms with van der Waals surface area (Å²) in [5, 5.41) is 0. The fourth-order valence-corrected chi connectivity index (χ4v) is 1.79. The van der Waals surface area contributed by atoms with Crippen molar-refractivity contribution in [3.05, 3.63) is 20.3 Å². The Kier molecular flexibility index (Phi) is 3.75. The van der Waals surface area contributed by atoms with E-state index in [4.69, 9.17) is 0 Å². The molecule has 0 spiro atoms. The van der Waals surface area contributed by atoms with Gasteiger partial charge in [0.1, 0.15) is 9.39 Å². The van der Waals surface area contributed by atoms with E-state index >= 15 is 0 Å². The van der Waals surface area contributed by atoms with E-state index in [0.29, 0.717) is 3.57 Å². The summed E-state index contributed by atoms with van der Waals surface area (Å²) < 4.78 is 0.638. The molecule has 0 aromatic carbocycles. The topological polar surface area (TPSA) is 49.0 Å². The van der Waals surface area contributed by atoms with E-state index in [1.807, 2.05) is 34.5 Å². The summed E-state index contributed by atoms with van der Waals surface area (Å²) in [7, 11) is 1.97. The van der Waals surface area contributed by atoms with Crippen LogP contribution in [0.4, 0.5) is 5.82 Å². The van der Waals surface area contributed by atoms with Gasteiger partial charge in [-0.2, -0.15) is 0 Å². The van der Waals surface area contributed by atoms with E-state index in [2.05, 4.69) is 30.7 Å². The molecule has 0 fully saturated rings. The summed E-state index contributed by atoms with van der Waals surface area (Å²) >= 11 is 2.03. The lowest BCUT2D eigenvalue weighted by Crippen LogP contribution is -2.42. The summed E-state index contributed by atoms with van der Waals surface area (Å²) in [6.07, 6.45) is 2.44. The van der Waals surface area contributed by atoms with Crippen molar-refractivity contribution in [3.63, 3.8) is 0 Å². The number of nitrogens with zero attached hydrogens (tertiary/aromatic N) is 2. The van der Waals surface area contributed by atoms with E-state index < -0.39 is 0 Å². The Bertz CT molecular complexity index is 400. The average molecular weight is 321 g/mol. The molecule has 0 aliphatic carbocycles. The summed E-state index contributed by atoms with van der Waals surface area (Å²) in [6.45, 7) is 6.38. The van der Waals surface area contributed by atoms with Gasteiger partial charge in [-0.25, -0.2) is 4.98 Å². The second-order valence-electron chi connectivity index (χ2n) is 4.09. The molecule has 0 unspecified atom stereocenters. The third-order valence-electron chi connectivity index (χ3n) is 2.87. The van der Waals surface area contributed by atoms with Gasteiger partial charge in [0.15, 0.2) is 0 Å². The summed E-state index contributed by atoms with van der Waals surface area (Å²) in [5.41, 5.74) is -0.0832. The smallest absolute Gasteiger partial charge is 0.266 e. The normalized spacial score (nSPS) is 11.5. The molecule has 0 saturated carbocycles. The van der Waals surface area contributed by atoms with E-state index in [1.54, 1.807) is 0 Å². The molecule has 15 heavy (non-hydrogen) atoms. The van der Waals surface area contributed by atoms with Crippen LogP contribution in [0.15, 0.2) is 11.1 Å². The number of aromatic nitrogens is 2. The SMILES string of the molecule is CCC(C)(C)N(C)c1nc[nH]c(=O)c1I. The second kappa shape index (κ2) is 4.51. The highest BCUT2D eigenvalue weighted by Crippen LogP contribution is 2.24. The molecule has 1 aromatic rings. The largest absolute Gasteiger partial charge is 0.353 e. The van der Waals surface area contributed by atoms with Crippen LogP contribution in [0.3, 0.4) is 0 Å². The first kappa shape index (κ1) is 12.5. The molecule has 0 saturated heterocycles. The Morgan fingerprint density at radius 1 is 1.60 bits per heavy atom. The van der Waals surface area contributed by atoms with Crippen molar-refractivity contribution in [1.29, 1.82) is 0 Å². The molecule has 1 N–H and O–H groups in total. The maximum atomic E-state index is 11.4. The molecule has 0 amide bonds. The van der Waals surface area contributed by atoms with Crippen LogP contribution >= 0.6 is 22.6 Å². The highest BCUT2D eigenvalue weighted by molar-refractivity contribution is 14.1. The van der Waals surface area contributed by atoms with Gasteiger partial charge in [-0.15, -0.1) is 0 Å². The minimum absolute atomic E-state index is 0.000709. The highest BCUT2D eigenvalue weighted by Gasteiger charge is 2.24. The van der Waals surface area contributed by atoms with Gasteiger partial charge in [0, 0.05) is 12.6 Å². The van der Waals surface area contributed by atoms with Crippen LogP contribution in [0.5, 0.6) is 0 Å². The molecule has 0 atom stereocenters. The quantitative estimate of drug-likeness (QED) is 0.867. The maximum Gasteiger partial charge on any atom is 0.266 e.